The fourth-order valence-electron chi connectivity index (χ4n) is 1.80. The summed E-state index contributed by atoms with van der Waals surface area (Å²) in [5.41, 5.74) is -0.156. The number of ether oxygens (including phenoxy) is 2. The van der Waals surface area contributed by atoms with Gasteiger partial charge in [0.05, 0.1) is 25.8 Å². The zero-order valence-electron chi connectivity index (χ0n) is 9.19. The number of carboxylic acid groups (broad SMARTS) is 1. The van der Waals surface area contributed by atoms with E-state index in [0.717, 1.165) is 0 Å². The van der Waals surface area contributed by atoms with Crippen LogP contribution in [0.15, 0.2) is 12.3 Å². The molecule has 1 aliphatic rings. The van der Waals surface area contributed by atoms with Gasteiger partial charge in [0.1, 0.15) is 5.75 Å². The Morgan fingerprint density at radius 1 is 1.44 bits per heavy atom. The van der Waals surface area contributed by atoms with E-state index in [1.165, 1.54) is 20.4 Å². The van der Waals surface area contributed by atoms with Crippen LogP contribution in [0.25, 0.3) is 0 Å². The van der Waals surface area contributed by atoms with Gasteiger partial charge in [-0.25, -0.2) is 4.98 Å². The molecular formula is C11H13NO4. The molecule has 16 heavy (non-hydrogen) atoms. The van der Waals surface area contributed by atoms with Crippen molar-refractivity contribution in [2.75, 3.05) is 14.2 Å². The van der Waals surface area contributed by atoms with Gasteiger partial charge in [-0.3, -0.25) is 4.79 Å². The van der Waals surface area contributed by atoms with Gasteiger partial charge in [0.25, 0.3) is 0 Å². The predicted octanol–water partition coefficient (Wildman–Crippen LogP) is 1.21. The van der Waals surface area contributed by atoms with Gasteiger partial charge >= 0.3 is 5.97 Å². The van der Waals surface area contributed by atoms with Crippen molar-refractivity contribution in [1.82, 2.24) is 4.98 Å². The average Bonchev–Trinajstić information content (AvgIpc) is 3.09. The highest BCUT2D eigenvalue weighted by atomic mass is 16.5. The second-order valence-electron chi connectivity index (χ2n) is 3.81. The normalized spacial score (nSPS) is 16.6. The van der Waals surface area contributed by atoms with Crippen molar-refractivity contribution in [3.63, 3.8) is 0 Å². The van der Waals surface area contributed by atoms with E-state index < -0.39 is 11.4 Å². The van der Waals surface area contributed by atoms with Gasteiger partial charge in [-0.15, -0.1) is 0 Å². The second kappa shape index (κ2) is 3.66. The summed E-state index contributed by atoms with van der Waals surface area (Å²) in [5.74, 6) is 0.0862. The van der Waals surface area contributed by atoms with Crippen molar-refractivity contribution >= 4 is 5.97 Å². The van der Waals surface area contributed by atoms with Gasteiger partial charge in [0.2, 0.25) is 5.88 Å². The van der Waals surface area contributed by atoms with Crippen LogP contribution in [-0.2, 0) is 10.2 Å². The van der Waals surface area contributed by atoms with E-state index in [-0.39, 0.29) is 0 Å². The average molecular weight is 223 g/mol. The first kappa shape index (κ1) is 10.7. The number of hydrogen-bond donors (Lipinski definition) is 1. The summed E-state index contributed by atoms with van der Waals surface area (Å²) in [7, 11) is 3.00. The van der Waals surface area contributed by atoms with Crippen LogP contribution in [0.2, 0.25) is 0 Å². The quantitative estimate of drug-likeness (QED) is 0.831. The number of rotatable bonds is 4. The molecule has 0 atom stereocenters. The molecule has 5 heteroatoms. The smallest absolute Gasteiger partial charge is 0.314 e. The van der Waals surface area contributed by atoms with Crippen LogP contribution in [-0.4, -0.2) is 30.3 Å². The molecule has 0 unspecified atom stereocenters. The van der Waals surface area contributed by atoms with E-state index in [1.54, 1.807) is 6.07 Å². The minimum absolute atomic E-state index is 0.406. The van der Waals surface area contributed by atoms with E-state index in [4.69, 9.17) is 9.47 Å². The summed E-state index contributed by atoms with van der Waals surface area (Å²) < 4.78 is 10.1. The lowest BCUT2D eigenvalue weighted by atomic mass is 9.96. The maximum Gasteiger partial charge on any atom is 0.314 e. The Morgan fingerprint density at radius 3 is 2.56 bits per heavy atom. The van der Waals surface area contributed by atoms with Gasteiger partial charge in [-0.05, 0) is 12.8 Å². The molecular weight excluding hydrogens is 210 g/mol. The third-order valence-electron chi connectivity index (χ3n) is 2.95. The topological polar surface area (TPSA) is 68.7 Å². The SMILES string of the molecule is COc1cc(C2(C(=O)O)CC2)c(OC)cn1. The van der Waals surface area contributed by atoms with Gasteiger partial charge in [-0.1, -0.05) is 0 Å². The number of aromatic nitrogens is 1. The first-order valence-electron chi connectivity index (χ1n) is 4.96. The van der Waals surface area contributed by atoms with E-state index in [1.807, 2.05) is 0 Å². The van der Waals surface area contributed by atoms with Crippen LogP contribution in [0.1, 0.15) is 18.4 Å². The van der Waals surface area contributed by atoms with Crippen LogP contribution >= 0.6 is 0 Å². The molecule has 2 rings (SSSR count). The third kappa shape index (κ3) is 1.48. The molecule has 0 saturated heterocycles. The van der Waals surface area contributed by atoms with Crippen LogP contribution < -0.4 is 9.47 Å². The lowest BCUT2D eigenvalue weighted by Gasteiger charge is -2.14. The molecule has 1 fully saturated rings. The Labute approximate surface area is 93.0 Å². The maximum absolute atomic E-state index is 11.2. The first-order chi connectivity index (χ1) is 7.64. The molecule has 86 valence electrons. The Hall–Kier alpha value is -1.78. The Morgan fingerprint density at radius 2 is 2.12 bits per heavy atom. The standard InChI is InChI=1S/C11H13NO4/c1-15-8-6-12-9(16-2)5-7(8)11(3-4-11)10(13)14/h5-6H,3-4H2,1-2H3,(H,13,14). The van der Waals surface area contributed by atoms with Gasteiger partial charge < -0.3 is 14.6 Å². The summed E-state index contributed by atoms with van der Waals surface area (Å²) in [4.78, 5) is 15.2. The van der Waals surface area contributed by atoms with E-state index in [9.17, 15) is 9.90 Å². The van der Waals surface area contributed by atoms with Gasteiger partial charge in [0, 0.05) is 11.6 Å². The lowest BCUT2D eigenvalue weighted by molar-refractivity contribution is -0.140. The fraction of sp³-hybridized carbons (Fsp3) is 0.455. The zero-order chi connectivity index (χ0) is 11.8. The number of methoxy groups -OCH3 is 2. The molecule has 5 nitrogen and oxygen atoms in total. The summed E-state index contributed by atoms with van der Waals surface area (Å²) in [6, 6.07) is 1.64. The molecule has 0 spiro atoms. The summed E-state index contributed by atoms with van der Waals surface area (Å²) in [6.07, 6.45) is 2.76. The van der Waals surface area contributed by atoms with E-state index in [0.29, 0.717) is 30.0 Å². The molecule has 1 aromatic rings. The minimum atomic E-state index is -0.820. The van der Waals surface area contributed by atoms with Crippen molar-refractivity contribution in [1.29, 1.82) is 0 Å². The fourth-order valence-corrected chi connectivity index (χ4v) is 1.80. The third-order valence-corrected chi connectivity index (χ3v) is 2.95. The number of aliphatic carboxylic acids is 1. The Kier molecular flexibility index (Phi) is 2.46. The number of nitrogens with zero attached hydrogens (tertiary/aromatic N) is 1. The molecule has 0 radical (unpaired) electrons. The van der Waals surface area contributed by atoms with Gasteiger partial charge in [0.15, 0.2) is 0 Å². The van der Waals surface area contributed by atoms with Crippen molar-refractivity contribution in [3.05, 3.63) is 17.8 Å². The number of carbonyl (C=O) groups is 1. The molecule has 1 aromatic heterocycles. The minimum Gasteiger partial charge on any atom is -0.495 e. The lowest BCUT2D eigenvalue weighted by Crippen LogP contribution is -2.20. The molecule has 0 aromatic carbocycles. The Bertz CT molecular complexity index is 426. The number of pyridine rings is 1. The molecule has 0 bridgehead atoms. The largest absolute Gasteiger partial charge is 0.495 e. The van der Waals surface area contributed by atoms with Crippen molar-refractivity contribution in [2.24, 2.45) is 0 Å². The van der Waals surface area contributed by atoms with Crippen LogP contribution in [0.3, 0.4) is 0 Å². The van der Waals surface area contributed by atoms with E-state index >= 15 is 0 Å². The molecule has 0 amide bonds. The molecule has 1 saturated carbocycles. The highest BCUT2D eigenvalue weighted by Gasteiger charge is 2.53. The summed E-state index contributed by atoms with van der Waals surface area (Å²) >= 11 is 0. The maximum atomic E-state index is 11.2. The summed E-state index contributed by atoms with van der Waals surface area (Å²) in [5, 5.41) is 9.22. The number of carboxylic acids is 1. The van der Waals surface area contributed by atoms with Crippen molar-refractivity contribution in [2.45, 2.75) is 18.3 Å². The number of hydrogen-bond acceptors (Lipinski definition) is 4. The van der Waals surface area contributed by atoms with Crippen molar-refractivity contribution in [3.8, 4) is 11.6 Å². The van der Waals surface area contributed by atoms with E-state index in [2.05, 4.69) is 4.98 Å². The van der Waals surface area contributed by atoms with Crippen molar-refractivity contribution < 1.29 is 19.4 Å². The zero-order valence-corrected chi connectivity index (χ0v) is 9.19. The van der Waals surface area contributed by atoms with Gasteiger partial charge in [-0.2, -0.15) is 0 Å². The molecule has 0 aliphatic heterocycles. The monoisotopic (exact) mass is 223 g/mol. The first-order valence-corrected chi connectivity index (χ1v) is 4.96. The highest BCUT2D eigenvalue weighted by Crippen LogP contribution is 2.51. The second-order valence-corrected chi connectivity index (χ2v) is 3.81. The molecule has 1 heterocycles. The molecule has 1 N–H and O–H groups in total. The highest BCUT2D eigenvalue weighted by molar-refractivity contribution is 5.86. The van der Waals surface area contributed by atoms with Crippen LogP contribution in [0.4, 0.5) is 0 Å². The molecule has 1 aliphatic carbocycles. The van der Waals surface area contributed by atoms with Crippen LogP contribution in [0, 0.1) is 0 Å². The Balaban J connectivity index is 2.49. The summed E-state index contributed by atoms with van der Waals surface area (Å²) in [6.45, 7) is 0. The van der Waals surface area contributed by atoms with Crippen LogP contribution in [0.5, 0.6) is 11.6 Å². The predicted molar refractivity (Wildman–Crippen MR) is 55.9 cm³/mol.